The smallest absolute Gasteiger partial charge is 0.0897 e. The summed E-state index contributed by atoms with van der Waals surface area (Å²) in [7, 11) is 0. The Morgan fingerprint density at radius 3 is 3.26 bits per heavy atom. The van der Waals surface area contributed by atoms with Gasteiger partial charge in [0.25, 0.3) is 0 Å². The first-order valence-electron chi connectivity index (χ1n) is 6.73. The molecule has 19 heavy (non-hydrogen) atoms. The Morgan fingerprint density at radius 2 is 2.58 bits per heavy atom. The molecule has 0 bridgehead atoms. The van der Waals surface area contributed by atoms with Gasteiger partial charge in [-0.3, -0.25) is 0 Å². The Bertz CT molecular complexity index is 367. The van der Waals surface area contributed by atoms with Crippen molar-refractivity contribution in [2.24, 2.45) is 0 Å². The Balaban J connectivity index is 1.50. The minimum absolute atomic E-state index is 0.223. The minimum atomic E-state index is -0.476. The van der Waals surface area contributed by atoms with Crippen LogP contribution in [0.15, 0.2) is 6.20 Å². The van der Waals surface area contributed by atoms with E-state index in [-0.39, 0.29) is 6.10 Å². The van der Waals surface area contributed by atoms with Gasteiger partial charge in [0.2, 0.25) is 0 Å². The summed E-state index contributed by atoms with van der Waals surface area (Å²) in [6.45, 7) is 5.05. The van der Waals surface area contributed by atoms with Crippen molar-refractivity contribution >= 4 is 11.3 Å². The van der Waals surface area contributed by atoms with Crippen LogP contribution in [0.4, 0.5) is 0 Å². The van der Waals surface area contributed by atoms with Gasteiger partial charge in [0.1, 0.15) is 0 Å². The molecule has 108 valence electrons. The molecule has 2 N–H and O–H groups in total. The van der Waals surface area contributed by atoms with E-state index in [2.05, 4.69) is 10.3 Å². The van der Waals surface area contributed by atoms with Gasteiger partial charge in [-0.05, 0) is 19.8 Å². The molecule has 1 aromatic rings. The van der Waals surface area contributed by atoms with Crippen molar-refractivity contribution in [3.05, 3.63) is 16.1 Å². The van der Waals surface area contributed by atoms with E-state index in [1.807, 2.05) is 13.1 Å². The molecule has 0 spiro atoms. The first-order chi connectivity index (χ1) is 9.24. The number of hydrogen-bond donors (Lipinski definition) is 2. The van der Waals surface area contributed by atoms with E-state index in [4.69, 9.17) is 9.47 Å². The average molecular weight is 286 g/mol. The Labute approximate surface area is 118 Å². The van der Waals surface area contributed by atoms with Crippen molar-refractivity contribution in [3.8, 4) is 0 Å². The van der Waals surface area contributed by atoms with E-state index in [1.165, 1.54) is 4.88 Å². The van der Waals surface area contributed by atoms with Gasteiger partial charge in [-0.2, -0.15) is 0 Å². The van der Waals surface area contributed by atoms with Gasteiger partial charge in [0.15, 0.2) is 0 Å². The molecule has 1 aliphatic heterocycles. The average Bonchev–Trinajstić information content (AvgIpc) is 3.01. The van der Waals surface area contributed by atoms with Crippen molar-refractivity contribution in [2.75, 3.05) is 26.4 Å². The van der Waals surface area contributed by atoms with Gasteiger partial charge in [0, 0.05) is 30.8 Å². The number of rotatable bonds is 8. The van der Waals surface area contributed by atoms with Crippen LogP contribution in [0.1, 0.15) is 22.7 Å². The van der Waals surface area contributed by atoms with E-state index >= 15 is 0 Å². The lowest BCUT2D eigenvalue weighted by Gasteiger charge is -2.14. The SMILES string of the molecule is Cc1ncc(CNCC(O)COCC2CCCO2)s1. The normalized spacial score (nSPS) is 20.8. The lowest BCUT2D eigenvalue weighted by atomic mass is 10.2. The molecule has 1 aromatic heterocycles. The number of aliphatic hydroxyl groups excluding tert-OH is 1. The molecule has 0 saturated carbocycles. The number of nitrogens with one attached hydrogen (secondary N) is 1. The quantitative estimate of drug-likeness (QED) is 0.749. The molecule has 1 aliphatic rings. The van der Waals surface area contributed by atoms with Crippen LogP contribution in [-0.2, 0) is 16.0 Å². The Hall–Kier alpha value is -0.530. The topological polar surface area (TPSA) is 63.6 Å². The van der Waals surface area contributed by atoms with Crippen molar-refractivity contribution in [1.29, 1.82) is 0 Å². The second-order valence-corrected chi connectivity index (χ2v) is 6.12. The summed E-state index contributed by atoms with van der Waals surface area (Å²) in [6.07, 6.45) is 3.80. The fraction of sp³-hybridized carbons (Fsp3) is 0.769. The van der Waals surface area contributed by atoms with Crippen LogP contribution in [0, 0.1) is 6.92 Å². The maximum atomic E-state index is 9.77. The van der Waals surface area contributed by atoms with Crippen LogP contribution < -0.4 is 5.32 Å². The van der Waals surface area contributed by atoms with Gasteiger partial charge in [-0.1, -0.05) is 0 Å². The Morgan fingerprint density at radius 1 is 1.68 bits per heavy atom. The van der Waals surface area contributed by atoms with E-state index in [9.17, 15) is 5.11 Å². The number of aromatic nitrogens is 1. The molecule has 0 radical (unpaired) electrons. The van der Waals surface area contributed by atoms with Crippen molar-refractivity contribution in [1.82, 2.24) is 10.3 Å². The summed E-state index contributed by atoms with van der Waals surface area (Å²) in [5.74, 6) is 0. The first kappa shape index (κ1) is 14.9. The highest BCUT2D eigenvalue weighted by molar-refractivity contribution is 7.11. The molecule has 6 heteroatoms. The zero-order chi connectivity index (χ0) is 13.5. The van der Waals surface area contributed by atoms with Gasteiger partial charge in [-0.15, -0.1) is 11.3 Å². The third-order valence-corrected chi connectivity index (χ3v) is 3.90. The minimum Gasteiger partial charge on any atom is -0.389 e. The van der Waals surface area contributed by atoms with Crippen LogP contribution >= 0.6 is 11.3 Å². The second-order valence-electron chi connectivity index (χ2n) is 4.80. The molecular weight excluding hydrogens is 264 g/mol. The summed E-state index contributed by atoms with van der Waals surface area (Å²) in [6, 6.07) is 0. The number of hydrogen-bond acceptors (Lipinski definition) is 6. The molecule has 2 heterocycles. The summed E-state index contributed by atoms with van der Waals surface area (Å²) in [5, 5.41) is 14.0. The lowest BCUT2D eigenvalue weighted by Crippen LogP contribution is -2.31. The van der Waals surface area contributed by atoms with Crippen molar-refractivity contribution < 1.29 is 14.6 Å². The number of nitrogens with zero attached hydrogens (tertiary/aromatic N) is 1. The number of aliphatic hydroxyl groups is 1. The molecule has 0 aliphatic carbocycles. The first-order valence-corrected chi connectivity index (χ1v) is 7.55. The number of thiazole rings is 1. The van der Waals surface area contributed by atoms with Gasteiger partial charge >= 0.3 is 0 Å². The fourth-order valence-electron chi connectivity index (χ4n) is 2.02. The van der Waals surface area contributed by atoms with Crippen LogP contribution in [0.25, 0.3) is 0 Å². The van der Waals surface area contributed by atoms with Crippen molar-refractivity contribution in [2.45, 2.75) is 38.5 Å². The lowest BCUT2D eigenvalue weighted by molar-refractivity contribution is -0.0164. The monoisotopic (exact) mass is 286 g/mol. The van der Waals surface area contributed by atoms with E-state index < -0.39 is 6.10 Å². The molecule has 1 saturated heterocycles. The molecule has 5 nitrogen and oxygen atoms in total. The molecule has 2 rings (SSSR count). The molecular formula is C13H22N2O3S. The highest BCUT2D eigenvalue weighted by Crippen LogP contribution is 2.12. The van der Waals surface area contributed by atoms with Crippen LogP contribution in [0.2, 0.25) is 0 Å². The molecule has 2 unspecified atom stereocenters. The third-order valence-electron chi connectivity index (χ3n) is 2.99. The largest absolute Gasteiger partial charge is 0.389 e. The fourth-order valence-corrected chi connectivity index (χ4v) is 2.78. The van der Waals surface area contributed by atoms with E-state index in [0.29, 0.717) is 19.8 Å². The van der Waals surface area contributed by atoms with E-state index in [1.54, 1.807) is 11.3 Å². The molecule has 0 aromatic carbocycles. The maximum absolute atomic E-state index is 9.77. The van der Waals surface area contributed by atoms with Gasteiger partial charge in [0.05, 0.1) is 30.4 Å². The van der Waals surface area contributed by atoms with Crippen LogP contribution in [-0.4, -0.2) is 48.7 Å². The molecule has 2 atom stereocenters. The standard InChI is InChI=1S/C13H22N2O3S/c1-10-15-7-13(19-10)6-14-5-11(16)8-17-9-12-3-2-4-18-12/h7,11-12,14,16H,2-6,8-9H2,1H3. The van der Waals surface area contributed by atoms with Gasteiger partial charge < -0.3 is 19.9 Å². The maximum Gasteiger partial charge on any atom is 0.0897 e. The predicted octanol–water partition coefficient (Wildman–Crippen LogP) is 1.10. The number of aryl methyl sites for hydroxylation is 1. The Kier molecular flexibility index (Phi) is 6.19. The predicted molar refractivity (Wildman–Crippen MR) is 74.4 cm³/mol. The van der Waals surface area contributed by atoms with Gasteiger partial charge in [-0.25, -0.2) is 4.98 Å². The third kappa shape index (κ3) is 5.54. The highest BCUT2D eigenvalue weighted by Gasteiger charge is 2.16. The number of ether oxygens (including phenoxy) is 2. The zero-order valence-electron chi connectivity index (χ0n) is 11.3. The van der Waals surface area contributed by atoms with Crippen LogP contribution in [0.3, 0.4) is 0 Å². The zero-order valence-corrected chi connectivity index (χ0v) is 12.1. The highest BCUT2D eigenvalue weighted by atomic mass is 32.1. The summed E-state index contributed by atoms with van der Waals surface area (Å²) in [4.78, 5) is 5.37. The summed E-state index contributed by atoms with van der Waals surface area (Å²) in [5.41, 5.74) is 0. The van der Waals surface area contributed by atoms with Crippen molar-refractivity contribution in [3.63, 3.8) is 0 Å². The van der Waals surface area contributed by atoms with E-state index in [0.717, 1.165) is 31.0 Å². The molecule has 0 amide bonds. The summed E-state index contributed by atoms with van der Waals surface area (Å²) >= 11 is 1.67. The molecule has 1 fully saturated rings. The van der Waals surface area contributed by atoms with Crippen LogP contribution in [0.5, 0.6) is 0 Å². The summed E-state index contributed by atoms with van der Waals surface area (Å²) < 4.78 is 10.9. The second kappa shape index (κ2) is 7.91.